The number of rotatable bonds is 7. The molecule has 6 heteroatoms. The number of piperidine rings is 1. The van der Waals surface area contributed by atoms with Crippen LogP contribution in [0.3, 0.4) is 0 Å². The molecule has 2 aliphatic rings. The number of ether oxygens (including phenoxy) is 1. The summed E-state index contributed by atoms with van der Waals surface area (Å²) in [6.07, 6.45) is 5.91. The quantitative estimate of drug-likeness (QED) is 0.566. The molecule has 2 fully saturated rings. The maximum atomic E-state index is 12.2. The molecule has 1 aliphatic heterocycles. The highest BCUT2D eigenvalue weighted by Gasteiger charge is 2.27. The number of benzene rings is 1. The first-order valence-electron chi connectivity index (χ1n) is 9.87. The maximum absolute atomic E-state index is 12.2. The van der Waals surface area contributed by atoms with Crippen molar-refractivity contribution in [3.05, 3.63) is 29.8 Å². The van der Waals surface area contributed by atoms with Crippen molar-refractivity contribution in [2.75, 3.05) is 6.61 Å². The summed E-state index contributed by atoms with van der Waals surface area (Å²) in [4.78, 5) is 35.4. The second kappa shape index (κ2) is 9.13. The molecule has 1 atom stereocenters. The van der Waals surface area contributed by atoms with Crippen LogP contribution < -0.4 is 15.8 Å². The Labute approximate surface area is 159 Å². The van der Waals surface area contributed by atoms with Crippen molar-refractivity contribution in [1.29, 1.82) is 0 Å². The van der Waals surface area contributed by atoms with Crippen LogP contribution in [0.15, 0.2) is 24.3 Å². The molecule has 0 bridgehead atoms. The van der Waals surface area contributed by atoms with Crippen molar-refractivity contribution >= 4 is 17.6 Å². The number of nitrogens with two attached hydrogens (primary N) is 1. The Morgan fingerprint density at radius 3 is 2.44 bits per heavy atom. The van der Waals surface area contributed by atoms with E-state index in [1.54, 1.807) is 0 Å². The number of carbonyl (C=O) groups is 3. The molecule has 0 spiro atoms. The van der Waals surface area contributed by atoms with Crippen LogP contribution in [0.1, 0.15) is 62.8 Å². The predicted octanol–water partition coefficient (Wildman–Crippen LogP) is 2.45. The normalized spacial score (nSPS) is 25.7. The van der Waals surface area contributed by atoms with Gasteiger partial charge in [0.05, 0.1) is 12.5 Å². The average Bonchev–Trinajstić information content (AvgIpc) is 2.66. The number of nitrogens with one attached hydrogen (secondary N) is 1. The van der Waals surface area contributed by atoms with Crippen LogP contribution >= 0.6 is 0 Å². The Bertz CT molecular complexity index is 678. The highest BCUT2D eigenvalue weighted by atomic mass is 16.5. The molecule has 27 heavy (non-hydrogen) atoms. The molecule has 6 nitrogen and oxygen atoms in total. The molecule has 1 saturated carbocycles. The van der Waals surface area contributed by atoms with Crippen LogP contribution in [0.2, 0.25) is 0 Å². The van der Waals surface area contributed by atoms with Gasteiger partial charge < -0.3 is 10.5 Å². The van der Waals surface area contributed by atoms with Gasteiger partial charge in [-0.1, -0.05) is 12.1 Å². The van der Waals surface area contributed by atoms with Crippen molar-refractivity contribution in [2.45, 2.75) is 63.3 Å². The van der Waals surface area contributed by atoms with Crippen molar-refractivity contribution in [3.63, 3.8) is 0 Å². The second-order valence-corrected chi connectivity index (χ2v) is 7.60. The molecular weight excluding hydrogens is 344 g/mol. The lowest BCUT2D eigenvalue weighted by molar-refractivity contribution is -0.134. The van der Waals surface area contributed by atoms with Gasteiger partial charge >= 0.3 is 0 Å². The largest absolute Gasteiger partial charge is 0.494 e. The van der Waals surface area contributed by atoms with Crippen molar-refractivity contribution in [2.24, 2.45) is 11.7 Å². The van der Waals surface area contributed by atoms with Gasteiger partial charge in [-0.25, -0.2) is 0 Å². The van der Waals surface area contributed by atoms with Gasteiger partial charge in [-0.05, 0) is 56.2 Å². The molecule has 146 valence electrons. The third-order valence-electron chi connectivity index (χ3n) is 5.59. The zero-order valence-electron chi connectivity index (χ0n) is 15.6. The number of hydrogen-bond acceptors (Lipinski definition) is 5. The lowest BCUT2D eigenvalue weighted by Crippen LogP contribution is -2.39. The fraction of sp³-hybridized carbons (Fsp3) is 0.571. The maximum Gasteiger partial charge on any atom is 0.234 e. The van der Waals surface area contributed by atoms with Gasteiger partial charge in [0, 0.05) is 24.8 Å². The summed E-state index contributed by atoms with van der Waals surface area (Å²) in [5.41, 5.74) is 6.77. The Balaban J connectivity index is 1.39. The third kappa shape index (κ3) is 5.39. The first kappa shape index (κ1) is 19.5. The Morgan fingerprint density at radius 2 is 1.78 bits per heavy atom. The summed E-state index contributed by atoms with van der Waals surface area (Å²) in [5, 5.41) is 2.38. The highest BCUT2D eigenvalue weighted by molar-refractivity contribution is 6.00. The topological polar surface area (TPSA) is 98.5 Å². The van der Waals surface area contributed by atoms with E-state index in [0.29, 0.717) is 38.1 Å². The van der Waals surface area contributed by atoms with Gasteiger partial charge in [-0.2, -0.15) is 0 Å². The van der Waals surface area contributed by atoms with Crippen LogP contribution in [0, 0.1) is 5.92 Å². The smallest absolute Gasteiger partial charge is 0.234 e. The minimum absolute atomic E-state index is 0.178. The van der Waals surface area contributed by atoms with Gasteiger partial charge in [-0.3, -0.25) is 19.7 Å². The first-order chi connectivity index (χ1) is 13.0. The Hall–Kier alpha value is -2.21. The van der Waals surface area contributed by atoms with E-state index in [-0.39, 0.29) is 29.7 Å². The third-order valence-corrected chi connectivity index (χ3v) is 5.59. The molecule has 3 N–H and O–H groups in total. The fourth-order valence-corrected chi connectivity index (χ4v) is 3.89. The van der Waals surface area contributed by atoms with Gasteiger partial charge in [0.1, 0.15) is 11.5 Å². The van der Waals surface area contributed by atoms with Crippen LogP contribution in [0.4, 0.5) is 0 Å². The number of Topliss-reactive ketones (excluding diaryl/α,β-unsaturated/α-hetero) is 1. The van der Waals surface area contributed by atoms with E-state index in [4.69, 9.17) is 10.5 Å². The zero-order valence-corrected chi connectivity index (χ0v) is 15.6. The standard InChI is InChI=1S/C21H28N2O4/c22-16-7-3-15(4-8-16)19(24)2-1-13-27-17-9-5-14(6-10-17)18-11-12-20(25)23-21(18)26/h5-6,9-10,15-16,18H,1-4,7-8,11-13,22H2,(H,23,25,26). The van der Waals surface area contributed by atoms with Gasteiger partial charge in [0.2, 0.25) is 11.8 Å². The molecule has 0 aromatic heterocycles. The molecular formula is C21H28N2O4. The molecule has 1 aliphatic carbocycles. The molecule has 0 radical (unpaired) electrons. The number of imide groups is 1. The van der Waals surface area contributed by atoms with Gasteiger partial charge in [-0.15, -0.1) is 0 Å². The van der Waals surface area contributed by atoms with Crippen molar-refractivity contribution in [1.82, 2.24) is 5.32 Å². The summed E-state index contributed by atoms with van der Waals surface area (Å²) < 4.78 is 5.72. The predicted molar refractivity (Wildman–Crippen MR) is 101 cm³/mol. The SMILES string of the molecule is NC1CCC(C(=O)CCCOc2ccc(C3CCC(=O)NC3=O)cc2)CC1. The van der Waals surface area contributed by atoms with E-state index in [2.05, 4.69) is 5.32 Å². The molecule has 1 aromatic rings. The lowest BCUT2D eigenvalue weighted by Gasteiger charge is -2.24. The number of amides is 2. The van der Waals surface area contributed by atoms with E-state index < -0.39 is 0 Å². The molecule has 1 unspecified atom stereocenters. The van der Waals surface area contributed by atoms with E-state index in [9.17, 15) is 14.4 Å². The molecule has 1 heterocycles. The van der Waals surface area contributed by atoms with Crippen LogP contribution in [-0.4, -0.2) is 30.2 Å². The number of hydrogen-bond donors (Lipinski definition) is 2. The Morgan fingerprint density at radius 1 is 1.07 bits per heavy atom. The molecule has 3 rings (SSSR count). The fourth-order valence-electron chi connectivity index (χ4n) is 3.89. The highest BCUT2D eigenvalue weighted by Crippen LogP contribution is 2.27. The minimum Gasteiger partial charge on any atom is -0.494 e. The van der Waals surface area contributed by atoms with Crippen LogP contribution in [-0.2, 0) is 14.4 Å². The molecule has 1 aromatic carbocycles. The number of ketones is 1. The van der Waals surface area contributed by atoms with Crippen LogP contribution in [0.5, 0.6) is 5.75 Å². The number of carbonyl (C=O) groups excluding carboxylic acids is 3. The first-order valence-corrected chi connectivity index (χ1v) is 9.87. The Kier molecular flexibility index (Phi) is 6.61. The van der Waals surface area contributed by atoms with E-state index in [1.165, 1.54) is 0 Å². The van der Waals surface area contributed by atoms with Gasteiger partial charge in [0.15, 0.2) is 0 Å². The van der Waals surface area contributed by atoms with E-state index in [1.807, 2.05) is 24.3 Å². The van der Waals surface area contributed by atoms with E-state index >= 15 is 0 Å². The summed E-state index contributed by atoms with van der Waals surface area (Å²) in [6.45, 7) is 0.496. The molecule has 2 amide bonds. The molecule has 1 saturated heterocycles. The van der Waals surface area contributed by atoms with Gasteiger partial charge in [0.25, 0.3) is 0 Å². The zero-order chi connectivity index (χ0) is 19.2. The van der Waals surface area contributed by atoms with Crippen molar-refractivity contribution < 1.29 is 19.1 Å². The summed E-state index contributed by atoms with van der Waals surface area (Å²) >= 11 is 0. The minimum atomic E-state index is -0.280. The second-order valence-electron chi connectivity index (χ2n) is 7.60. The summed E-state index contributed by atoms with van der Waals surface area (Å²) in [7, 11) is 0. The lowest BCUT2D eigenvalue weighted by atomic mass is 9.83. The monoisotopic (exact) mass is 372 g/mol. The van der Waals surface area contributed by atoms with Crippen LogP contribution in [0.25, 0.3) is 0 Å². The summed E-state index contributed by atoms with van der Waals surface area (Å²) in [5.74, 6) is 0.514. The summed E-state index contributed by atoms with van der Waals surface area (Å²) in [6, 6.07) is 7.67. The van der Waals surface area contributed by atoms with E-state index in [0.717, 1.165) is 37.0 Å². The average molecular weight is 372 g/mol. The van der Waals surface area contributed by atoms with Crippen molar-refractivity contribution in [3.8, 4) is 5.75 Å².